The van der Waals surface area contributed by atoms with Crippen LogP contribution in [0.15, 0.2) is 53.4 Å². The summed E-state index contributed by atoms with van der Waals surface area (Å²) >= 11 is 0. The number of para-hydroxylation sites is 1. The fraction of sp³-hybridized carbons (Fsp3) is 0.235. The van der Waals surface area contributed by atoms with Crippen LogP contribution in [0.3, 0.4) is 0 Å². The minimum absolute atomic E-state index is 0.0700. The summed E-state index contributed by atoms with van der Waals surface area (Å²) < 4.78 is 32.5. The molecule has 0 aliphatic carbocycles. The van der Waals surface area contributed by atoms with E-state index < -0.39 is 15.9 Å². The standard InChI is InChI=1S/C17H20N2O4S/c1-12(2)19-24(21,22)16-11-13(9-10-15(16)23-3)17(20)18-14-7-5-4-6-8-14/h4-12,19H,1-3H3,(H,18,20). The summed E-state index contributed by atoms with van der Waals surface area (Å²) in [5.41, 5.74) is 0.854. The van der Waals surface area contributed by atoms with Gasteiger partial charge in [0, 0.05) is 17.3 Å². The number of amides is 1. The molecule has 2 aromatic rings. The zero-order valence-corrected chi connectivity index (χ0v) is 14.6. The first kappa shape index (κ1) is 18.0. The third-order valence-electron chi connectivity index (χ3n) is 3.14. The molecule has 0 spiro atoms. The normalized spacial score (nSPS) is 11.3. The van der Waals surface area contributed by atoms with E-state index in [2.05, 4.69) is 10.0 Å². The summed E-state index contributed by atoms with van der Waals surface area (Å²) in [5.74, 6) is -0.218. The van der Waals surface area contributed by atoms with Crippen molar-refractivity contribution in [3.63, 3.8) is 0 Å². The Hall–Kier alpha value is -2.38. The Morgan fingerprint density at radius 1 is 1.08 bits per heavy atom. The molecule has 0 atom stereocenters. The molecular formula is C17H20N2O4S. The third kappa shape index (κ3) is 4.33. The summed E-state index contributed by atoms with van der Waals surface area (Å²) in [5, 5.41) is 2.72. The Bertz CT molecular complexity index is 818. The number of carbonyl (C=O) groups excluding carboxylic acids is 1. The Labute approximate surface area is 141 Å². The van der Waals surface area contributed by atoms with Gasteiger partial charge in [0.2, 0.25) is 10.0 Å². The van der Waals surface area contributed by atoms with Crippen LogP contribution in [0.1, 0.15) is 24.2 Å². The number of carbonyl (C=O) groups is 1. The van der Waals surface area contributed by atoms with E-state index in [1.165, 1.54) is 25.3 Å². The van der Waals surface area contributed by atoms with E-state index in [-0.39, 0.29) is 22.3 Å². The zero-order chi connectivity index (χ0) is 17.7. The van der Waals surface area contributed by atoms with E-state index >= 15 is 0 Å². The quantitative estimate of drug-likeness (QED) is 0.840. The summed E-state index contributed by atoms with van der Waals surface area (Å²) in [4.78, 5) is 12.3. The largest absolute Gasteiger partial charge is 0.495 e. The van der Waals surface area contributed by atoms with E-state index in [1.807, 2.05) is 6.07 Å². The van der Waals surface area contributed by atoms with E-state index in [0.717, 1.165) is 0 Å². The number of methoxy groups -OCH3 is 1. The predicted molar refractivity (Wildman–Crippen MR) is 92.8 cm³/mol. The van der Waals surface area contributed by atoms with Crippen LogP contribution in [-0.2, 0) is 10.0 Å². The van der Waals surface area contributed by atoms with Crippen molar-refractivity contribution in [2.75, 3.05) is 12.4 Å². The van der Waals surface area contributed by atoms with Gasteiger partial charge >= 0.3 is 0 Å². The molecule has 7 heteroatoms. The highest BCUT2D eigenvalue weighted by Crippen LogP contribution is 2.25. The van der Waals surface area contributed by atoms with Gasteiger partial charge in [-0.2, -0.15) is 0 Å². The van der Waals surface area contributed by atoms with Crippen molar-refractivity contribution in [2.45, 2.75) is 24.8 Å². The maximum absolute atomic E-state index is 12.4. The Balaban J connectivity index is 2.36. The van der Waals surface area contributed by atoms with Gasteiger partial charge in [0.15, 0.2) is 0 Å². The van der Waals surface area contributed by atoms with E-state index in [4.69, 9.17) is 4.74 Å². The smallest absolute Gasteiger partial charge is 0.255 e. The summed E-state index contributed by atoms with van der Waals surface area (Å²) in [6, 6.07) is 13.0. The van der Waals surface area contributed by atoms with Gasteiger partial charge in [-0.05, 0) is 44.2 Å². The highest BCUT2D eigenvalue weighted by Gasteiger charge is 2.22. The van der Waals surface area contributed by atoms with Crippen molar-refractivity contribution < 1.29 is 17.9 Å². The van der Waals surface area contributed by atoms with Crippen LogP contribution in [0, 0.1) is 0 Å². The van der Waals surface area contributed by atoms with Gasteiger partial charge in [0.25, 0.3) is 5.91 Å². The van der Waals surface area contributed by atoms with Crippen molar-refractivity contribution in [1.29, 1.82) is 0 Å². The van der Waals surface area contributed by atoms with Crippen molar-refractivity contribution >= 4 is 21.6 Å². The summed E-state index contributed by atoms with van der Waals surface area (Å²) in [6.45, 7) is 3.44. The second kappa shape index (κ2) is 7.46. The summed E-state index contributed by atoms with van der Waals surface area (Å²) in [6.07, 6.45) is 0. The Morgan fingerprint density at radius 2 is 1.75 bits per heavy atom. The molecule has 24 heavy (non-hydrogen) atoms. The molecule has 0 aliphatic rings. The molecule has 1 amide bonds. The molecule has 0 bridgehead atoms. The number of sulfonamides is 1. The topological polar surface area (TPSA) is 84.5 Å². The number of ether oxygens (including phenoxy) is 1. The number of nitrogens with one attached hydrogen (secondary N) is 2. The molecule has 2 N–H and O–H groups in total. The van der Waals surface area contributed by atoms with Gasteiger partial charge in [-0.1, -0.05) is 18.2 Å². The van der Waals surface area contributed by atoms with Gasteiger partial charge in [0.1, 0.15) is 10.6 Å². The molecular weight excluding hydrogens is 328 g/mol. The molecule has 0 fully saturated rings. The van der Waals surface area contributed by atoms with Gasteiger partial charge < -0.3 is 10.1 Å². The average molecular weight is 348 g/mol. The lowest BCUT2D eigenvalue weighted by atomic mass is 10.2. The van der Waals surface area contributed by atoms with Crippen LogP contribution in [-0.4, -0.2) is 27.5 Å². The van der Waals surface area contributed by atoms with Crippen LogP contribution >= 0.6 is 0 Å². The number of benzene rings is 2. The molecule has 0 aromatic heterocycles. The molecule has 0 aliphatic heterocycles. The molecule has 0 saturated carbocycles. The van der Waals surface area contributed by atoms with Gasteiger partial charge in [-0.3, -0.25) is 4.79 Å². The lowest BCUT2D eigenvalue weighted by Gasteiger charge is -2.14. The van der Waals surface area contributed by atoms with Gasteiger partial charge in [-0.25, -0.2) is 13.1 Å². The van der Waals surface area contributed by atoms with Crippen molar-refractivity contribution in [2.24, 2.45) is 0 Å². The van der Waals surface area contributed by atoms with Crippen LogP contribution in [0.2, 0.25) is 0 Å². The minimum atomic E-state index is -3.79. The molecule has 0 radical (unpaired) electrons. The molecule has 2 aromatic carbocycles. The highest BCUT2D eigenvalue weighted by molar-refractivity contribution is 7.89. The second-order valence-corrected chi connectivity index (χ2v) is 7.14. The molecule has 2 rings (SSSR count). The van der Waals surface area contributed by atoms with Crippen molar-refractivity contribution in [1.82, 2.24) is 4.72 Å². The molecule has 0 heterocycles. The van der Waals surface area contributed by atoms with Crippen LogP contribution in [0.5, 0.6) is 5.75 Å². The van der Waals surface area contributed by atoms with E-state index in [0.29, 0.717) is 5.69 Å². The predicted octanol–water partition coefficient (Wildman–Crippen LogP) is 2.63. The first-order valence-electron chi connectivity index (χ1n) is 7.40. The van der Waals surface area contributed by atoms with E-state index in [1.54, 1.807) is 38.1 Å². The van der Waals surface area contributed by atoms with Crippen LogP contribution < -0.4 is 14.8 Å². The molecule has 0 saturated heterocycles. The maximum Gasteiger partial charge on any atom is 0.255 e. The highest BCUT2D eigenvalue weighted by atomic mass is 32.2. The minimum Gasteiger partial charge on any atom is -0.495 e. The monoisotopic (exact) mass is 348 g/mol. The zero-order valence-electron chi connectivity index (χ0n) is 13.7. The Morgan fingerprint density at radius 3 is 2.33 bits per heavy atom. The van der Waals surface area contributed by atoms with E-state index in [9.17, 15) is 13.2 Å². The Kier molecular flexibility index (Phi) is 5.58. The van der Waals surface area contributed by atoms with Crippen LogP contribution in [0.4, 0.5) is 5.69 Å². The fourth-order valence-corrected chi connectivity index (χ4v) is 3.57. The second-order valence-electron chi connectivity index (χ2n) is 5.46. The molecule has 0 unspecified atom stereocenters. The average Bonchev–Trinajstić information content (AvgIpc) is 2.54. The van der Waals surface area contributed by atoms with Crippen LogP contribution in [0.25, 0.3) is 0 Å². The number of rotatable bonds is 6. The number of anilines is 1. The fourth-order valence-electron chi connectivity index (χ4n) is 2.13. The first-order chi connectivity index (χ1) is 11.3. The summed E-state index contributed by atoms with van der Waals surface area (Å²) in [7, 11) is -2.40. The number of hydrogen-bond acceptors (Lipinski definition) is 4. The van der Waals surface area contributed by atoms with Crippen molar-refractivity contribution in [3.8, 4) is 5.75 Å². The first-order valence-corrected chi connectivity index (χ1v) is 8.88. The van der Waals surface area contributed by atoms with Crippen molar-refractivity contribution in [3.05, 3.63) is 54.1 Å². The third-order valence-corrected chi connectivity index (χ3v) is 4.82. The lowest BCUT2D eigenvalue weighted by molar-refractivity contribution is 0.102. The molecule has 128 valence electrons. The number of hydrogen-bond donors (Lipinski definition) is 2. The van der Waals surface area contributed by atoms with Gasteiger partial charge in [-0.15, -0.1) is 0 Å². The van der Waals surface area contributed by atoms with Gasteiger partial charge in [0.05, 0.1) is 7.11 Å². The SMILES string of the molecule is COc1ccc(C(=O)Nc2ccccc2)cc1S(=O)(=O)NC(C)C. The molecule has 6 nitrogen and oxygen atoms in total. The lowest BCUT2D eigenvalue weighted by Crippen LogP contribution is -2.30. The maximum atomic E-state index is 12.4.